The summed E-state index contributed by atoms with van der Waals surface area (Å²) in [5.41, 5.74) is 0.850. The van der Waals surface area contributed by atoms with Crippen LogP contribution in [-0.4, -0.2) is 69.2 Å². The molecule has 1 amide bonds. The molecule has 3 fully saturated rings. The molecule has 0 N–H and O–H groups in total. The smallest absolute Gasteiger partial charge is 0.236 e. The number of piperidine rings is 2. The van der Waals surface area contributed by atoms with Crippen LogP contribution in [0.3, 0.4) is 0 Å². The molecule has 0 spiro atoms. The van der Waals surface area contributed by atoms with E-state index in [2.05, 4.69) is 0 Å². The lowest BCUT2D eigenvalue weighted by Crippen LogP contribution is -2.47. The van der Waals surface area contributed by atoms with E-state index in [0.29, 0.717) is 45.1 Å². The lowest BCUT2D eigenvalue weighted by atomic mass is 9.92. The summed E-state index contributed by atoms with van der Waals surface area (Å²) in [6.45, 7) is 3.55. The summed E-state index contributed by atoms with van der Waals surface area (Å²) >= 11 is 0. The van der Waals surface area contributed by atoms with Crippen molar-refractivity contribution in [3.8, 4) is 0 Å². The third kappa shape index (κ3) is 5.11. The second-order valence-electron chi connectivity index (χ2n) is 8.20. The van der Waals surface area contributed by atoms with Crippen LogP contribution in [0, 0.1) is 11.8 Å². The number of carbonyl (C=O) groups is 1. The van der Waals surface area contributed by atoms with Crippen molar-refractivity contribution in [3.05, 3.63) is 41.3 Å². The quantitative estimate of drug-likeness (QED) is 0.711. The Morgan fingerprint density at radius 2 is 1.57 bits per heavy atom. The minimum Gasteiger partial charge on any atom is -0.350 e. The van der Waals surface area contributed by atoms with Crippen molar-refractivity contribution >= 4 is 22.0 Å². The summed E-state index contributed by atoms with van der Waals surface area (Å²) < 4.78 is 37.9. The Bertz CT molecular complexity index is 836. The van der Waals surface area contributed by atoms with Crippen LogP contribution < -0.4 is 0 Å². The molecule has 4 rings (SSSR count). The molecule has 0 aliphatic carbocycles. The standard InChI is InChI=1S/C22H30N2O5S/c25-21(23-11-6-20(7-12-23)22-28-15-16-29-22)19-8-13-24(14-9-19)30(26,27)17-10-18-4-2-1-3-5-18/h1-5,10,17,19-20,22H,6-9,11-16H2/b17-10+. The first-order valence-corrected chi connectivity index (χ1v) is 12.3. The third-order valence-electron chi connectivity index (χ3n) is 6.28. The normalized spacial score (nSPS) is 23.4. The number of amides is 1. The number of carbonyl (C=O) groups excluding carboxylic acids is 1. The average molecular weight is 435 g/mol. The molecule has 3 saturated heterocycles. The highest BCUT2D eigenvalue weighted by Gasteiger charge is 2.36. The second-order valence-corrected chi connectivity index (χ2v) is 10.0. The summed E-state index contributed by atoms with van der Waals surface area (Å²) in [6, 6.07) is 9.38. The first-order valence-electron chi connectivity index (χ1n) is 10.8. The molecule has 3 heterocycles. The largest absolute Gasteiger partial charge is 0.350 e. The number of nitrogens with zero attached hydrogens (tertiary/aromatic N) is 2. The average Bonchev–Trinajstić information content (AvgIpc) is 3.33. The number of ether oxygens (including phenoxy) is 2. The predicted octanol–water partition coefficient (Wildman–Crippen LogP) is 2.31. The number of likely N-dealkylation sites (tertiary alicyclic amines) is 1. The fourth-order valence-corrected chi connectivity index (χ4v) is 5.69. The Kier molecular flexibility index (Phi) is 6.87. The van der Waals surface area contributed by atoms with E-state index >= 15 is 0 Å². The zero-order valence-corrected chi connectivity index (χ0v) is 18.0. The topological polar surface area (TPSA) is 76.2 Å². The van der Waals surface area contributed by atoms with Gasteiger partial charge in [-0.1, -0.05) is 30.3 Å². The summed E-state index contributed by atoms with van der Waals surface area (Å²) in [5.74, 6) is 0.434. The van der Waals surface area contributed by atoms with E-state index in [-0.39, 0.29) is 18.1 Å². The van der Waals surface area contributed by atoms with Gasteiger partial charge >= 0.3 is 0 Å². The fraction of sp³-hybridized carbons (Fsp3) is 0.591. The number of benzene rings is 1. The van der Waals surface area contributed by atoms with E-state index in [9.17, 15) is 13.2 Å². The molecule has 164 valence electrons. The molecule has 7 nitrogen and oxygen atoms in total. The number of sulfonamides is 1. The lowest BCUT2D eigenvalue weighted by molar-refractivity contribution is -0.142. The van der Waals surface area contributed by atoms with E-state index in [1.165, 1.54) is 9.71 Å². The molecule has 0 atom stereocenters. The van der Waals surface area contributed by atoms with Gasteiger partial charge in [0.25, 0.3) is 0 Å². The fourth-order valence-electron chi connectivity index (χ4n) is 4.47. The number of rotatable bonds is 5. The molecule has 0 aromatic heterocycles. The third-order valence-corrected chi connectivity index (χ3v) is 7.84. The zero-order chi connectivity index (χ0) is 21.0. The van der Waals surface area contributed by atoms with Crippen molar-refractivity contribution in [2.45, 2.75) is 32.0 Å². The second kappa shape index (κ2) is 9.60. The van der Waals surface area contributed by atoms with Gasteiger partial charge in [0.05, 0.1) is 13.2 Å². The molecular weight excluding hydrogens is 404 g/mol. The van der Waals surface area contributed by atoms with Crippen LogP contribution in [0.1, 0.15) is 31.2 Å². The van der Waals surface area contributed by atoms with Crippen LogP contribution in [0.4, 0.5) is 0 Å². The Hall–Kier alpha value is -1.74. The molecule has 1 aromatic carbocycles. The molecule has 0 unspecified atom stereocenters. The summed E-state index contributed by atoms with van der Waals surface area (Å²) in [7, 11) is -3.47. The van der Waals surface area contributed by atoms with E-state index in [1.54, 1.807) is 6.08 Å². The molecule has 1 aromatic rings. The number of hydrogen-bond donors (Lipinski definition) is 0. The Labute approximate surface area is 178 Å². The Morgan fingerprint density at radius 1 is 0.933 bits per heavy atom. The van der Waals surface area contributed by atoms with Gasteiger partial charge in [0.1, 0.15) is 0 Å². The number of hydrogen-bond acceptors (Lipinski definition) is 5. The highest BCUT2D eigenvalue weighted by Crippen LogP contribution is 2.28. The molecule has 3 aliphatic heterocycles. The molecule has 0 radical (unpaired) electrons. The predicted molar refractivity (Wildman–Crippen MR) is 114 cm³/mol. The molecule has 30 heavy (non-hydrogen) atoms. The summed E-state index contributed by atoms with van der Waals surface area (Å²) in [4.78, 5) is 14.9. The first-order chi connectivity index (χ1) is 14.5. The van der Waals surface area contributed by atoms with Crippen LogP contribution in [0.15, 0.2) is 35.7 Å². The maximum Gasteiger partial charge on any atom is 0.236 e. The van der Waals surface area contributed by atoms with E-state index < -0.39 is 10.0 Å². The van der Waals surface area contributed by atoms with Crippen molar-refractivity contribution in [2.75, 3.05) is 39.4 Å². The lowest BCUT2D eigenvalue weighted by Gasteiger charge is -2.37. The maximum atomic E-state index is 12.9. The van der Waals surface area contributed by atoms with Crippen LogP contribution in [0.25, 0.3) is 6.08 Å². The van der Waals surface area contributed by atoms with Gasteiger partial charge in [-0.25, -0.2) is 8.42 Å². The highest BCUT2D eigenvalue weighted by atomic mass is 32.2. The van der Waals surface area contributed by atoms with Gasteiger partial charge in [0.2, 0.25) is 15.9 Å². The molecule has 0 bridgehead atoms. The van der Waals surface area contributed by atoms with Crippen LogP contribution in [0.2, 0.25) is 0 Å². The van der Waals surface area contributed by atoms with Gasteiger partial charge in [-0.3, -0.25) is 4.79 Å². The minimum absolute atomic E-state index is 0.0925. The van der Waals surface area contributed by atoms with Crippen LogP contribution in [-0.2, 0) is 24.3 Å². The monoisotopic (exact) mass is 434 g/mol. The van der Waals surface area contributed by atoms with Gasteiger partial charge < -0.3 is 14.4 Å². The van der Waals surface area contributed by atoms with Crippen molar-refractivity contribution in [1.29, 1.82) is 0 Å². The van der Waals surface area contributed by atoms with Crippen molar-refractivity contribution < 1.29 is 22.7 Å². The van der Waals surface area contributed by atoms with Crippen molar-refractivity contribution in [3.63, 3.8) is 0 Å². The summed E-state index contributed by atoms with van der Waals surface area (Å²) in [5, 5.41) is 1.27. The SMILES string of the molecule is O=C(C1CCN(S(=O)(=O)/C=C/c2ccccc2)CC1)N1CCC(C2OCCO2)CC1. The Balaban J connectivity index is 1.26. The maximum absolute atomic E-state index is 12.9. The first kappa shape index (κ1) is 21.5. The Morgan fingerprint density at radius 3 is 2.20 bits per heavy atom. The van der Waals surface area contributed by atoms with Crippen molar-refractivity contribution in [1.82, 2.24) is 9.21 Å². The van der Waals surface area contributed by atoms with Gasteiger partial charge in [-0.15, -0.1) is 0 Å². The van der Waals surface area contributed by atoms with Gasteiger partial charge in [-0.2, -0.15) is 4.31 Å². The molecule has 3 aliphatic rings. The van der Waals surface area contributed by atoms with E-state index in [0.717, 1.165) is 31.5 Å². The highest BCUT2D eigenvalue weighted by molar-refractivity contribution is 7.92. The zero-order valence-electron chi connectivity index (χ0n) is 17.2. The van der Waals surface area contributed by atoms with Gasteiger partial charge in [0.15, 0.2) is 6.29 Å². The van der Waals surface area contributed by atoms with Crippen LogP contribution in [0.5, 0.6) is 0 Å². The minimum atomic E-state index is -3.47. The van der Waals surface area contributed by atoms with E-state index in [4.69, 9.17) is 9.47 Å². The molecule has 0 saturated carbocycles. The van der Waals surface area contributed by atoms with Gasteiger partial charge in [-0.05, 0) is 37.3 Å². The summed E-state index contributed by atoms with van der Waals surface area (Å²) in [6.07, 6.45) is 4.45. The molecule has 8 heteroatoms. The van der Waals surface area contributed by atoms with Crippen LogP contribution >= 0.6 is 0 Å². The van der Waals surface area contributed by atoms with Gasteiger partial charge in [0, 0.05) is 43.4 Å². The molecular formula is C22H30N2O5S. The van der Waals surface area contributed by atoms with E-state index in [1.807, 2.05) is 35.2 Å². The van der Waals surface area contributed by atoms with Crippen molar-refractivity contribution in [2.24, 2.45) is 11.8 Å².